The molecule has 26 heavy (non-hydrogen) atoms. The Hall–Kier alpha value is -0.780. The van der Waals surface area contributed by atoms with Gasteiger partial charge in [-0.3, -0.25) is 4.79 Å². The maximum absolute atomic E-state index is 13.0. The van der Waals surface area contributed by atoms with Crippen molar-refractivity contribution in [2.75, 3.05) is 17.5 Å². The van der Waals surface area contributed by atoms with E-state index in [-0.39, 0.29) is 11.3 Å². The second-order valence-electron chi connectivity index (χ2n) is 6.90. The summed E-state index contributed by atoms with van der Waals surface area (Å²) in [6, 6.07) is 15.5. The summed E-state index contributed by atoms with van der Waals surface area (Å²) in [5, 5.41) is 1.16. The van der Waals surface area contributed by atoms with Gasteiger partial charge in [0, 0.05) is 24.1 Å². The van der Waals surface area contributed by atoms with Gasteiger partial charge in [0.05, 0.1) is 10.0 Å². The average molecular weight is 502 g/mol. The minimum atomic E-state index is -0.0535. The molecule has 0 aromatic heterocycles. The highest BCUT2D eigenvalue weighted by Crippen LogP contribution is 2.40. The summed E-state index contributed by atoms with van der Waals surface area (Å²) in [4.78, 5) is 15.0. The number of nitrogens with zero attached hydrogens (tertiary/aromatic N) is 1. The van der Waals surface area contributed by atoms with E-state index < -0.39 is 0 Å². The maximum Gasteiger partial charge on any atom is 0.253 e. The molecule has 0 saturated carbocycles. The van der Waals surface area contributed by atoms with Crippen molar-refractivity contribution in [2.24, 2.45) is 0 Å². The van der Waals surface area contributed by atoms with Crippen LogP contribution in [0.2, 0.25) is 10.0 Å². The fourth-order valence-electron chi connectivity index (χ4n) is 3.88. The number of benzene rings is 2. The molecule has 2 aromatic rings. The number of rotatable bonds is 5. The van der Waals surface area contributed by atoms with Crippen LogP contribution in [0.1, 0.15) is 41.6 Å². The fraction of sp³-hybridized carbons (Fsp3) is 0.381. The lowest BCUT2D eigenvalue weighted by Crippen LogP contribution is -2.48. The molecular formula is C21H22Cl2INO. The molecule has 1 unspecified atom stereocenters. The number of amides is 1. The van der Waals surface area contributed by atoms with E-state index in [1.807, 2.05) is 47.4 Å². The van der Waals surface area contributed by atoms with Crippen LogP contribution in [0.5, 0.6) is 0 Å². The molecule has 5 heteroatoms. The van der Waals surface area contributed by atoms with Crippen LogP contribution in [-0.4, -0.2) is 28.3 Å². The van der Waals surface area contributed by atoms with Crippen molar-refractivity contribution >= 4 is 51.7 Å². The van der Waals surface area contributed by atoms with Crippen LogP contribution in [-0.2, 0) is 5.41 Å². The van der Waals surface area contributed by atoms with Crippen molar-refractivity contribution < 1.29 is 4.79 Å². The molecule has 138 valence electrons. The van der Waals surface area contributed by atoms with Crippen LogP contribution in [0.15, 0.2) is 48.5 Å². The van der Waals surface area contributed by atoms with E-state index in [0.717, 1.165) is 48.8 Å². The third-order valence-corrected chi connectivity index (χ3v) is 6.71. The first-order chi connectivity index (χ1) is 12.6. The Bertz CT molecular complexity index is 768. The maximum atomic E-state index is 13.0. The van der Waals surface area contributed by atoms with Crippen molar-refractivity contribution in [3.63, 3.8) is 0 Å². The minimum absolute atomic E-state index is 0.0535. The van der Waals surface area contributed by atoms with Gasteiger partial charge in [0.15, 0.2) is 0 Å². The highest BCUT2D eigenvalue weighted by atomic mass is 127. The lowest BCUT2D eigenvalue weighted by molar-refractivity contribution is 0.0626. The van der Waals surface area contributed by atoms with Gasteiger partial charge in [-0.25, -0.2) is 0 Å². The van der Waals surface area contributed by atoms with E-state index in [1.165, 1.54) is 5.56 Å². The Labute approximate surface area is 179 Å². The van der Waals surface area contributed by atoms with Gasteiger partial charge in [-0.05, 0) is 59.9 Å². The van der Waals surface area contributed by atoms with Crippen molar-refractivity contribution in [1.82, 2.24) is 4.90 Å². The Kier molecular flexibility index (Phi) is 6.87. The molecule has 1 fully saturated rings. The number of carbonyl (C=O) groups is 1. The lowest BCUT2D eigenvalue weighted by Gasteiger charge is -2.44. The standard InChI is InChI=1S/C21H22Cl2INO/c22-18-9-8-17(14-19(18)23)21(10-4-12-24)11-5-13-25(15-21)20(26)16-6-2-1-3-7-16/h1-3,6-9,14H,4-5,10-13,15H2. The van der Waals surface area contributed by atoms with Gasteiger partial charge in [-0.1, -0.05) is 70.1 Å². The third-order valence-electron chi connectivity index (χ3n) is 5.21. The number of alkyl halides is 1. The van der Waals surface area contributed by atoms with Gasteiger partial charge in [-0.15, -0.1) is 0 Å². The first-order valence-electron chi connectivity index (χ1n) is 8.91. The predicted molar refractivity (Wildman–Crippen MR) is 118 cm³/mol. The molecule has 0 aliphatic carbocycles. The van der Waals surface area contributed by atoms with Gasteiger partial charge >= 0.3 is 0 Å². The zero-order chi connectivity index (χ0) is 18.6. The molecule has 1 saturated heterocycles. The molecule has 2 aromatic carbocycles. The smallest absolute Gasteiger partial charge is 0.253 e. The van der Waals surface area contributed by atoms with E-state index in [0.29, 0.717) is 10.0 Å². The Morgan fingerprint density at radius 1 is 1.12 bits per heavy atom. The van der Waals surface area contributed by atoms with Crippen LogP contribution < -0.4 is 0 Å². The van der Waals surface area contributed by atoms with Gasteiger partial charge in [0.1, 0.15) is 0 Å². The third kappa shape index (κ3) is 4.37. The Morgan fingerprint density at radius 3 is 2.58 bits per heavy atom. The number of halogens is 3. The molecule has 3 rings (SSSR count). The van der Waals surface area contributed by atoms with E-state index in [9.17, 15) is 4.79 Å². The van der Waals surface area contributed by atoms with E-state index in [4.69, 9.17) is 23.2 Å². The highest BCUT2D eigenvalue weighted by molar-refractivity contribution is 14.1. The lowest BCUT2D eigenvalue weighted by atomic mass is 9.71. The molecule has 0 radical (unpaired) electrons. The van der Waals surface area contributed by atoms with Crippen LogP contribution in [0.3, 0.4) is 0 Å². The number of likely N-dealkylation sites (tertiary alicyclic amines) is 1. The number of carbonyl (C=O) groups excluding carboxylic acids is 1. The molecule has 0 N–H and O–H groups in total. The fourth-order valence-corrected chi connectivity index (χ4v) is 4.56. The number of piperidine rings is 1. The summed E-state index contributed by atoms with van der Waals surface area (Å²) in [7, 11) is 0. The Balaban J connectivity index is 1.91. The minimum Gasteiger partial charge on any atom is -0.338 e. The van der Waals surface area contributed by atoms with Gasteiger partial charge in [-0.2, -0.15) is 0 Å². The molecule has 0 spiro atoms. The zero-order valence-corrected chi connectivity index (χ0v) is 18.2. The molecule has 1 atom stereocenters. The number of hydrogen-bond donors (Lipinski definition) is 0. The molecule has 1 heterocycles. The summed E-state index contributed by atoms with van der Waals surface area (Å²) < 4.78 is 1.10. The van der Waals surface area contributed by atoms with Crippen LogP contribution >= 0.6 is 45.8 Å². The van der Waals surface area contributed by atoms with Gasteiger partial charge < -0.3 is 4.90 Å². The summed E-state index contributed by atoms with van der Waals surface area (Å²) in [5.41, 5.74) is 1.90. The predicted octanol–water partition coefficient (Wildman–Crippen LogP) is 6.38. The van der Waals surface area contributed by atoms with Crippen molar-refractivity contribution in [3.8, 4) is 0 Å². The highest BCUT2D eigenvalue weighted by Gasteiger charge is 2.38. The van der Waals surface area contributed by atoms with Crippen LogP contribution in [0.25, 0.3) is 0 Å². The average Bonchev–Trinajstić information content (AvgIpc) is 2.68. The van der Waals surface area contributed by atoms with E-state index in [1.54, 1.807) is 0 Å². The normalized spacial score (nSPS) is 20.2. The number of hydrogen-bond acceptors (Lipinski definition) is 1. The van der Waals surface area contributed by atoms with E-state index in [2.05, 4.69) is 28.7 Å². The quantitative estimate of drug-likeness (QED) is 0.343. The van der Waals surface area contributed by atoms with E-state index >= 15 is 0 Å². The first kappa shape index (κ1) is 20.0. The molecular weight excluding hydrogens is 480 g/mol. The van der Waals surface area contributed by atoms with Crippen molar-refractivity contribution in [1.29, 1.82) is 0 Å². The molecule has 1 amide bonds. The topological polar surface area (TPSA) is 20.3 Å². The van der Waals surface area contributed by atoms with Crippen molar-refractivity contribution in [2.45, 2.75) is 31.1 Å². The zero-order valence-electron chi connectivity index (χ0n) is 14.6. The second kappa shape index (κ2) is 8.94. The second-order valence-corrected chi connectivity index (χ2v) is 8.79. The molecule has 1 aliphatic rings. The SMILES string of the molecule is O=C(c1ccccc1)N1CCCC(CCCI)(c2ccc(Cl)c(Cl)c2)C1. The first-order valence-corrected chi connectivity index (χ1v) is 11.2. The van der Waals surface area contributed by atoms with Crippen LogP contribution in [0, 0.1) is 0 Å². The summed E-state index contributed by atoms with van der Waals surface area (Å²) in [6.07, 6.45) is 4.24. The summed E-state index contributed by atoms with van der Waals surface area (Å²) in [5.74, 6) is 0.115. The van der Waals surface area contributed by atoms with Crippen molar-refractivity contribution in [3.05, 3.63) is 69.7 Å². The van der Waals surface area contributed by atoms with Crippen LogP contribution in [0.4, 0.5) is 0 Å². The Morgan fingerprint density at radius 2 is 1.88 bits per heavy atom. The molecule has 0 bridgehead atoms. The molecule has 1 aliphatic heterocycles. The monoisotopic (exact) mass is 501 g/mol. The van der Waals surface area contributed by atoms with Gasteiger partial charge in [0.2, 0.25) is 0 Å². The van der Waals surface area contributed by atoms with Gasteiger partial charge in [0.25, 0.3) is 5.91 Å². The largest absolute Gasteiger partial charge is 0.338 e. The summed E-state index contributed by atoms with van der Waals surface area (Å²) in [6.45, 7) is 1.54. The molecule has 2 nitrogen and oxygen atoms in total. The summed E-state index contributed by atoms with van der Waals surface area (Å²) >= 11 is 14.9.